The zero-order chi connectivity index (χ0) is 19.1. The minimum Gasteiger partial charge on any atom is -0.383 e. The van der Waals surface area contributed by atoms with Gasteiger partial charge in [0.1, 0.15) is 0 Å². The summed E-state index contributed by atoms with van der Waals surface area (Å²) in [4.78, 5) is 12.2. The lowest BCUT2D eigenvalue weighted by Crippen LogP contribution is -2.34. The van der Waals surface area contributed by atoms with Gasteiger partial charge in [-0.1, -0.05) is 23.2 Å². The largest absolute Gasteiger partial charge is 0.383 e. The second-order valence-corrected chi connectivity index (χ2v) is 6.77. The number of halogens is 3. The fraction of sp³-hybridized carbons (Fsp3) is 0.444. The van der Waals surface area contributed by atoms with E-state index in [9.17, 15) is 4.79 Å². The molecule has 0 saturated carbocycles. The maximum atomic E-state index is 12.2. The summed E-state index contributed by atoms with van der Waals surface area (Å²) in [5, 5.41) is 11.7. The Morgan fingerprint density at radius 3 is 2.63 bits per heavy atom. The van der Waals surface area contributed by atoms with Crippen LogP contribution in [0.4, 0.5) is 0 Å². The third kappa shape index (κ3) is 6.66. The minimum atomic E-state index is -0.0357. The van der Waals surface area contributed by atoms with Gasteiger partial charge in [0.05, 0.1) is 29.4 Å². The van der Waals surface area contributed by atoms with Crippen LogP contribution >= 0.6 is 35.6 Å². The Labute approximate surface area is 176 Å². The number of rotatable bonds is 9. The summed E-state index contributed by atoms with van der Waals surface area (Å²) in [6.45, 7) is 6.50. The molecule has 1 aromatic carbocycles. The number of aromatic nitrogens is 2. The zero-order valence-electron chi connectivity index (χ0n) is 15.6. The minimum absolute atomic E-state index is 0. The van der Waals surface area contributed by atoms with Crippen LogP contribution in [0.15, 0.2) is 18.2 Å². The SMILES string of the molecule is COCCNCCNC(=O)Cc1c(C)nn(-c2ccc(Cl)cc2Cl)c1C.Cl. The Hall–Kier alpha value is -1.31. The van der Waals surface area contributed by atoms with Crippen LogP contribution in [0.1, 0.15) is 17.0 Å². The highest BCUT2D eigenvalue weighted by molar-refractivity contribution is 6.35. The quantitative estimate of drug-likeness (QED) is 0.594. The van der Waals surface area contributed by atoms with Crippen molar-refractivity contribution in [1.29, 1.82) is 0 Å². The van der Waals surface area contributed by atoms with Crippen molar-refractivity contribution in [1.82, 2.24) is 20.4 Å². The second kappa shape index (κ2) is 11.5. The van der Waals surface area contributed by atoms with E-state index in [-0.39, 0.29) is 24.7 Å². The summed E-state index contributed by atoms with van der Waals surface area (Å²) >= 11 is 12.2. The van der Waals surface area contributed by atoms with Gasteiger partial charge in [-0.05, 0) is 32.0 Å². The molecule has 2 N–H and O–H groups in total. The molecule has 9 heteroatoms. The molecule has 150 valence electrons. The van der Waals surface area contributed by atoms with E-state index in [1.54, 1.807) is 23.9 Å². The molecule has 0 spiro atoms. The first-order valence-corrected chi connectivity index (χ1v) is 9.16. The van der Waals surface area contributed by atoms with Gasteiger partial charge >= 0.3 is 0 Å². The molecule has 1 amide bonds. The molecule has 6 nitrogen and oxygen atoms in total. The Balaban J connectivity index is 0.00000364. The van der Waals surface area contributed by atoms with Crippen LogP contribution in [0.2, 0.25) is 10.0 Å². The topological polar surface area (TPSA) is 68.2 Å². The van der Waals surface area contributed by atoms with E-state index in [0.29, 0.717) is 29.7 Å². The maximum absolute atomic E-state index is 12.2. The molecule has 0 aliphatic rings. The van der Waals surface area contributed by atoms with E-state index < -0.39 is 0 Å². The molecule has 0 unspecified atom stereocenters. The molecule has 2 aromatic rings. The third-order valence-electron chi connectivity index (χ3n) is 4.02. The predicted molar refractivity (Wildman–Crippen MR) is 112 cm³/mol. The average molecular weight is 436 g/mol. The number of nitrogens with zero attached hydrogens (tertiary/aromatic N) is 2. The Bertz CT molecular complexity index is 765. The normalized spacial score (nSPS) is 10.6. The molecule has 0 radical (unpaired) electrons. The molecule has 0 bridgehead atoms. The second-order valence-electron chi connectivity index (χ2n) is 5.93. The van der Waals surface area contributed by atoms with Crippen molar-refractivity contribution in [3.8, 4) is 5.69 Å². The van der Waals surface area contributed by atoms with Crippen LogP contribution in [0, 0.1) is 13.8 Å². The Morgan fingerprint density at radius 2 is 1.96 bits per heavy atom. The first-order chi connectivity index (χ1) is 12.4. The van der Waals surface area contributed by atoms with Crippen LogP contribution in [-0.2, 0) is 16.0 Å². The standard InChI is InChI=1S/C18H24Cl2N4O2.ClH/c1-12-15(11-18(25)22-7-6-21-8-9-26-3)13(2)24(23-12)17-5-4-14(19)10-16(17)20;/h4-5,10,21H,6-9,11H2,1-3H3,(H,22,25);1H. The summed E-state index contributed by atoms with van der Waals surface area (Å²) in [6.07, 6.45) is 0.279. The molecular weight excluding hydrogens is 411 g/mol. The van der Waals surface area contributed by atoms with Gasteiger partial charge in [0.15, 0.2) is 0 Å². The number of aryl methyl sites for hydroxylation is 1. The van der Waals surface area contributed by atoms with Gasteiger partial charge in [0.25, 0.3) is 0 Å². The number of hydrogen-bond donors (Lipinski definition) is 2. The molecule has 0 aliphatic carbocycles. The number of ether oxygens (including phenoxy) is 1. The van der Waals surface area contributed by atoms with Gasteiger partial charge in [-0.15, -0.1) is 12.4 Å². The van der Waals surface area contributed by atoms with E-state index in [2.05, 4.69) is 15.7 Å². The first kappa shape index (κ1) is 23.7. The van der Waals surface area contributed by atoms with Gasteiger partial charge < -0.3 is 15.4 Å². The lowest BCUT2D eigenvalue weighted by molar-refractivity contribution is -0.120. The number of amides is 1. The zero-order valence-corrected chi connectivity index (χ0v) is 18.0. The molecule has 0 saturated heterocycles. The third-order valence-corrected chi connectivity index (χ3v) is 4.56. The lowest BCUT2D eigenvalue weighted by Gasteiger charge is -2.09. The molecule has 1 heterocycles. The predicted octanol–water partition coefficient (Wildman–Crippen LogP) is 3.11. The first-order valence-electron chi connectivity index (χ1n) is 8.41. The highest BCUT2D eigenvalue weighted by Gasteiger charge is 2.17. The van der Waals surface area contributed by atoms with Crippen LogP contribution in [-0.4, -0.2) is 49.0 Å². The highest BCUT2D eigenvalue weighted by atomic mass is 35.5. The van der Waals surface area contributed by atoms with Crippen LogP contribution in [0.3, 0.4) is 0 Å². The van der Waals surface area contributed by atoms with E-state index in [4.69, 9.17) is 27.9 Å². The molecule has 1 aromatic heterocycles. The molecule has 0 atom stereocenters. The average Bonchev–Trinajstić information content (AvgIpc) is 2.86. The van der Waals surface area contributed by atoms with Crippen LogP contribution in [0.5, 0.6) is 0 Å². The number of nitrogens with one attached hydrogen (secondary N) is 2. The van der Waals surface area contributed by atoms with Crippen molar-refractivity contribution in [2.45, 2.75) is 20.3 Å². The number of benzene rings is 1. The van der Waals surface area contributed by atoms with Gasteiger partial charge in [0, 0.05) is 43.0 Å². The fourth-order valence-electron chi connectivity index (χ4n) is 2.63. The number of carbonyl (C=O) groups excluding carboxylic acids is 1. The van der Waals surface area contributed by atoms with E-state index >= 15 is 0 Å². The Morgan fingerprint density at radius 1 is 1.22 bits per heavy atom. The number of methoxy groups -OCH3 is 1. The van der Waals surface area contributed by atoms with E-state index in [0.717, 1.165) is 29.2 Å². The molecular formula is C18H25Cl3N4O2. The summed E-state index contributed by atoms with van der Waals surface area (Å²) in [7, 11) is 1.66. The van der Waals surface area contributed by atoms with Gasteiger partial charge in [0.2, 0.25) is 5.91 Å². The van der Waals surface area contributed by atoms with Crippen molar-refractivity contribution in [3.63, 3.8) is 0 Å². The lowest BCUT2D eigenvalue weighted by atomic mass is 10.1. The molecule has 27 heavy (non-hydrogen) atoms. The van der Waals surface area contributed by atoms with Crippen molar-refractivity contribution in [2.24, 2.45) is 0 Å². The van der Waals surface area contributed by atoms with Crippen molar-refractivity contribution >= 4 is 41.5 Å². The van der Waals surface area contributed by atoms with Gasteiger partial charge in [-0.25, -0.2) is 4.68 Å². The fourth-order valence-corrected chi connectivity index (χ4v) is 3.12. The molecule has 0 fully saturated rings. The molecule has 0 aliphatic heterocycles. The summed E-state index contributed by atoms with van der Waals surface area (Å²) < 4.78 is 6.71. The van der Waals surface area contributed by atoms with Crippen LogP contribution in [0.25, 0.3) is 5.69 Å². The van der Waals surface area contributed by atoms with E-state index in [1.165, 1.54) is 0 Å². The molecule has 2 rings (SSSR count). The van der Waals surface area contributed by atoms with Gasteiger partial charge in [-0.3, -0.25) is 4.79 Å². The summed E-state index contributed by atoms with van der Waals surface area (Å²) in [5.41, 5.74) is 3.34. The van der Waals surface area contributed by atoms with Crippen molar-refractivity contribution in [2.75, 3.05) is 33.4 Å². The highest BCUT2D eigenvalue weighted by Crippen LogP contribution is 2.27. The van der Waals surface area contributed by atoms with Crippen molar-refractivity contribution in [3.05, 3.63) is 45.2 Å². The summed E-state index contributed by atoms with van der Waals surface area (Å²) in [5.74, 6) is -0.0357. The number of hydrogen-bond acceptors (Lipinski definition) is 4. The monoisotopic (exact) mass is 434 g/mol. The smallest absolute Gasteiger partial charge is 0.224 e. The van der Waals surface area contributed by atoms with E-state index in [1.807, 2.05) is 19.9 Å². The van der Waals surface area contributed by atoms with Crippen molar-refractivity contribution < 1.29 is 9.53 Å². The number of carbonyl (C=O) groups is 1. The maximum Gasteiger partial charge on any atom is 0.224 e. The summed E-state index contributed by atoms with van der Waals surface area (Å²) in [6, 6.07) is 5.26. The Kier molecular flexibility index (Phi) is 10.1. The van der Waals surface area contributed by atoms with Gasteiger partial charge in [-0.2, -0.15) is 5.10 Å². The van der Waals surface area contributed by atoms with Crippen LogP contribution < -0.4 is 10.6 Å².